The third-order valence-electron chi connectivity index (χ3n) is 5.24. The molecule has 0 aliphatic carbocycles. The van der Waals surface area contributed by atoms with Crippen LogP contribution < -0.4 is 10.6 Å². The zero-order valence-electron chi connectivity index (χ0n) is 17.9. The van der Waals surface area contributed by atoms with E-state index in [4.69, 9.17) is 28.8 Å². The van der Waals surface area contributed by atoms with E-state index in [0.717, 1.165) is 68.9 Å². The van der Waals surface area contributed by atoms with Crippen molar-refractivity contribution in [2.24, 2.45) is 0 Å². The fourth-order valence-electron chi connectivity index (χ4n) is 3.63. The Kier molecular flexibility index (Phi) is 6.46. The van der Waals surface area contributed by atoms with E-state index in [1.165, 1.54) is 0 Å². The van der Waals surface area contributed by atoms with Crippen LogP contribution in [0.25, 0.3) is 11.3 Å². The van der Waals surface area contributed by atoms with Gasteiger partial charge in [-0.15, -0.1) is 0 Å². The van der Waals surface area contributed by atoms with E-state index >= 15 is 0 Å². The van der Waals surface area contributed by atoms with Gasteiger partial charge in [0.2, 0.25) is 5.95 Å². The molecule has 0 saturated heterocycles. The highest BCUT2D eigenvalue weighted by Crippen LogP contribution is 2.37. The molecule has 3 aromatic rings. The van der Waals surface area contributed by atoms with Crippen LogP contribution >= 0.6 is 23.8 Å². The number of halogens is 1. The highest BCUT2D eigenvalue weighted by atomic mass is 35.5. The summed E-state index contributed by atoms with van der Waals surface area (Å²) in [6, 6.07) is 7.95. The lowest BCUT2D eigenvalue weighted by atomic mass is 10.00. The van der Waals surface area contributed by atoms with Crippen LogP contribution in [0.1, 0.15) is 23.2 Å². The third-order valence-corrected chi connectivity index (χ3v) is 5.83. The Labute approximate surface area is 193 Å². The number of hydrogen-bond acceptors (Lipinski definition) is 6. The summed E-state index contributed by atoms with van der Waals surface area (Å²) < 4.78 is 0. The van der Waals surface area contributed by atoms with Gasteiger partial charge in [0.05, 0.1) is 22.1 Å². The topological polar surface area (TPSA) is 66.0 Å². The van der Waals surface area contributed by atoms with E-state index in [0.29, 0.717) is 12.4 Å². The molecule has 0 unspecified atom stereocenters. The van der Waals surface area contributed by atoms with E-state index in [9.17, 15) is 0 Å². The molecular formula is C23H25ClN6S. The highest BCUT2D eigenvalue weighted by Gasteiger charge is 2.21. The first-order valence-electron chi connectivity index (χ1n) is 10.2. The zero-order chi connectivity index (χ0) is 22.0. The second-order valence-corrected chi connectivity index (χ2v) is 8.85. The number of fused-ring (bicyclic) bond motifs is 3. The van der Waals surface area contributed by atoms with Gasteiger partial charge in [-0.3, -0.25) is 4.98 Å². The van der Waals surface area contributed by atoms with Crippen molar-refractivity contribution in [3.63, 3.8) is 0 Å². The summed E-state index contributed by atoms with van der Waals surface area (Å²) in [7, 11) is 4.16. The molecule has 3 heterocycles. The van der Waals surface area contributed by atoms with Crippen molar-refractivity contribution < 1.29 is 0 Å². The second-order valence-electron chi connectivity index (χ2n) is 7.95. The van der Waals surface area contributed by atoms with Crippen LogP contribution in [-0.2, 0) is 12.8 Å². The van der Waals surface area contributed by atoms with E-state index in [1.807, 2.05) is 31.3 Å². The second kappa shape index (κ2) is 9.26. The molecule has 1 aliphatic heterocycles. The third kappa shape index (κ3) is 5.01. The van der Waals surface area contributed by atoms with E-state index in [2.05, 4.69) is 45.7 Å². The van der Waals surface area contributed by atoms with Crippen molar-refractivity contribution in [2.45, 2.75) is 26.2 Å². The summed E-state index contributed by atoms with van der Waals surface area (Å²) in [5.74, 6) is 0.526. The van der Waals surface area contributed by atoms with Crippen molar-refractivity contribution >= 4 is 46.1 Å². The van der Waals surface area contributed by atoms with Gasteiger partial charge in [0.15, 0.2) is 0 Å². The van der Waals surface area contributed by atoms with Crippen molar-refractivity contribution in [1.29, 1.82) is 0 Å². The van der Waals surface area contributed by atoms with Gasteiger partial charge < -0.3 is 15.5 Å². The van der Waals surface area contributed by atoms with Crippen molar-refractivity contribution in [3.8, 4) is 11.3 Å². The standard InChI is InChI=1S/C23H25ClN6S/c1-14-19(7-4-8-25-14)28-23-26-13-16-11-21(31)27-20-12-18(24)15(6-5-9-30(2)3)10-17(20)22(16)29-23/h4,7-8,10,12-13H,5-6,9,11H2,1-3H3,(H,27,31)(H,26,28,29). The molecule has 0 radical (unpaired) electrons. The van der Waals surface area contributed by atoms with Gasteiger partial charge in [-0.2, -0.15) is 0 Å². The first kappa shape index (κ1) is 21.6. The van der Waals surface area contributed by atoms with Gasteiger partial charge in [-0.25, -0.2) is 9.97 Å². The van der Waals surface area contributed by atoms with Crippen molar-refractivity contribution in [3.05, 3.63) is 58.5 Å². The lowest BCUT2D eigenvalue weighted by Crippen LogP contribution is -2.13. The molecule has 31 heavy (non-hydrogen) atoms. The summed E-state index contributed by atoms with van der Waals surface area (Å²) in [6.07, 6.45) is 6.12. The van der Waals surface area contributed by atoms with Crippen molar-refractivity contribution in [2.75, 3.05) is 31.3 Å². The van der Waals surface area contributed by atoms with Crippen molar-refractivity contribution in [1.82, 2.24) is 19.9 Å². The number of anilines is 3. The number of nitrogens with one attached hydrogen (secondary N) is 2. The van der Waals surface area contributed by atoms with Crippen LogP contribution in [0.5, 0.6) is 0 Å². The normalized spacial score (nSPS) is 12.7. The molecule has 2 aromatic heterocycles. The lowest BCUT2D eigenvalue weighted by molar-refractivity contribution is 0.400. The van der Waals surface area contributed by atoms with Gasteiger partial charge in [0.25, 0.3) is 0 Å². The molecule has 0 bridgehead atoms. The summed E-state index contributed by atoms with van der Waals surface area (Å²) >= 11 is 12.1. The number of aryl methyl sites for hydroxylation is 2. The Bertz CT molecular complexity index is 1130. The predicted molar refractivity (Wildman–Crippen MR) is 132 cm³/mol. The number of pyridine rings is 1. The Morgan fingerprint density at radius 3 is 2.87 bits per heavy atom. The fourth-order valence-corrected chi connectivity index (χ4v) is 4.15. The Balaban J connectivity index is 1.73. The SMILES string of the molecule is Cc1ncccc1Nc1ncc2c(n1)-c1cc(CCCN(C)C)c(Cl)cc1NC(=S)C2. The number of rotatable bonds is 6. The Morgan fingerprint density at radius 1 is 1.26 bits per heavy atom. The minimum atomic E-state index is 0.526. The minimum absolute atomic E-state index is 0.526. The Hall–Kier alpha value is -2.61. The molecule has 1 aromatic carbocycles. The molecule has 0 fully saturated rings. The quantitative estimate of drug-likeness (QED) is 0.508. The van der Waals surface area contributed by atoms with Crippen LogP contribution in [-0.4, -0.2) is 45.5 Å². The molecule has 0 atom stereocenters. The largest absolute Gasteiger partial charge is 0.349 e. The molecule has 0 saturated carbocycles. The molecule has 2 N–H and O–H groups in total. The number of nitrogens with zero attached hydrogens (tertiary/aromatic N) is 4. The molecule has 6 nitrogen and oxygen atoms in total. The molecule has 8 heteroatoms. The van der Waals surface area contributed by atoms with Gasteiger partial charge in [0.1, 0.15) is 0 Å². The maximum atomic E-state index is 6.61. The molecule has 4 rings (SSSR count). The summed E-state index contributed by atoms with van der Waals surface area (Å²) in [6.45, 7) is 2.96. The minimum Gasteiger partial charge on any atom is -0.349 e. The zero-order valence-corrected chi connectivity index (χ0v) is 19.4. The van der Waals surface area contributed by atoms with Crippen LogP contribution in [0.2, 0.25) is 5.02 Å². The van der Waals surface area contributed by atoms with E-state index in [-0.39, 0.29) is 0 Å². The monoisotopic (exact) mass is 452 g/mol. The average Bonchev–Trinajstić information content (AvgIpc) is 2.85. The fraction of sp³-hybridized carbons (Fsp3) is 0.304. The lowest BCUT2D eigenvalue weighted by Gasteiger charge is -2.15. The van der Waals surface area contributed by atoms with Crippen LogP contribution in [0.4, 0.5) is 17.3 Å². The van der Waals surface area contributed by atoms with Crippen LogP contribution in [0.15, 0.2) is 36.7 Å². The van der Waals surface area contributed by atoms with Gasteiger partial charge in [-0.05, 0) is 70.2 Å². The van der Waals surface area contributed by atoms with E-state index < -0.39 is 0 Å². The molecular weight excluding hydrogens is 428 g/mol. The molecule has 0 amide bonds. The summed E-state index contributed by atoms with van der Waals surface area (Å²) in [4.78, 5) is 16.6. The molecule has 1 aliphatic rings. The average molecular weight is 453 g/mol. The number of thiocarbonyl (C=S) groups is 1. The van der Waals surface area contributed by atoms with Gasteiger partial charge >= 0.3 is 0 Å². The maximum Gasteiger partial charge on any atom is 0.227 e. The summed E-state index contributed by atoms with van der Waals surface area (Å²) in [5.41, 5.74) is 6.61. The number of aromatic nitrogens is 3. The van der Waals surface area contributed by atoms with Gasteiger partial charge in [0, 0.05) is 40.7 Å². The van der Waals surface area contributed by atoms with Crippen LogP contribution in [0, 0.1) is 6.92 Å². The van der Waals surface area contributed by atoms with Gasteiger partial charge in [-0.1, -0.05) is 23.8 Å². The molecule has 160 valence electrons. The number of benzene rings is 1. The smallest absolute Gasteiger partial charge is 0.227 e. The predicted octanol–water partition coefficient (Wildman–Crippen LogP) is 5.03. The van der Waals surface area contributed by atoms with Crippen LogP contribution in [0.3, 0.4) is 0 Å². The number of hydrogen-bond donors (Lipinski definition) is 2. The molecule has 0 spiro atoms. The Morgan fingerprint density at radius 2 is 2.10 bits per heavy atom. The maximum absolute atomic E-state index is 6.61. The summed E-state index contributed by atoms with van der Waals surface area (Å²) in [5, 5.41) is 7.36. The first-order valence-corrected chi connectivity index (χ1v) is 11.0. The van der Waals surface area contributed by atoms with E-state index in [1.54, 1.807) is 6.20 Å². The highest BCUT2D eigenvalue weighted by molar-refractivity contribution is 7.80. The first-order chi connectivity index (χ1) is 14.9.